The standard InChI is InChI=1S/C19H24BrNO5/c1-18(2,3)25-16(22)21-11-12(10-20)14-9-13(7-8-15(14)21)24-17(23)26-19(4,5)6/h7-9,11H,10H2,1-6H3. The zero-order valence-electron chi connectivity index (χ0n) is 15.9. The lowest BCUT2D eigenvalue weighted by atomic mass is 10.2. The third-order valence-corrected chi connectivity index (χ3v) is 3.79. The van der Waals surface area contributed by atoms with Crippen LogP contribution in [0.4, 0.5) is 9.59 Å². The average Bonchev–Trinajstić information content (AvgIpc) is 2.81. The fourth-order valence-corrected chi connectivity index (χ4v) is 2.72. The second-order valence-electron chi connectivity index (χ2n) is 7.88. The molecule has 0 saturated heterocycles. The molecule has 6 nitrogen and oxygen atoms in total. The van der Waals surface area contributed by atoms with E-state index < -0.39 is 23.5 Å². The van der Waals surface area contributed by atoms with Crippen LogP contribution in [0.2, 0.25) is 0 Å². The summed E-state index contributed by atoms with van der Waals surface area (Å²) in [5, 5.41) is 1.32. The van der Waals surface area contributed by atoms with Crippen LogP contribution in [0.3, 0.4) is 0 Å². The molecule has 0 aliphatic heterocycles. The van der Waals surface area contributed by atoms with Crippen molar-refractivity contribution in [2.45, 2.75) is 58.1 Å². The van der Waals surface area contributed by atoms with Crippen LogP contribution < -0.4 is 4.74 Å². The summed E-state index contributed by atoms with van der Waals surface area (Å²) in [5.74, 6) is 0.343. The Morgan fingerprint density at radius 2 is 1.65 bits per heavy atom. The quantitative estimate of drug-likeness (QED) is 0.354. The molecule has 2 rings (SSSR count). The summed E-state index contributed by atoms with van der Waals surface area (Å²) in [6, 6.07) is 5.03. The molecule has 142 valence electrons. The maximum Gasteiger partial charge on any atom is 0.514 e. The van der Waals surface area contributed by atoms with Gasteiger partial charge < -0.3 is 14.2 Å². The summed E-state index contributed by atoms with van der Waals surface area (Å²) in [5.41, 5.74) is 0.315. The number of alkyl halides is 1. The summed E-state index contributed by atoms with van der Waals surface area (Å²) in [6.07, 6.45) is 0.476. The lowest BCUT2D eigenvalue weighted by Gasteiger charge is -2.20. The molecule has 7 heteroatoms. The summed E-state index contributed by atoms with van der Waals surface area (Å²) >= 11 is 3.42. The van der Waals surface area contributed by atoms with Crippen molar-refractivity contribution in [1.29, 1.82) is 0 Å². The molecule has 1 aromatic carbocycles. The molecule has 0 fully saturated rings. The number of nitrogens with zero attached hydrogens (tertiary/aromatic N) is 1. The van der Waals surface area contributed by atoms with E-state index in [0.29, 0.717) is 16.6 Å². The SMILES string of the molecule is CC(C)(C)OC(=O)Oc1ccc2c(c1)c(CBr)cn2C(=O)OC(C)(C)C. The Morgan fingerprint density at radius 3 is 2.19 bits per heavy atom. The van der Waals surface area contributed by atoms with Gasteiger partial charge in [0, 0.05) is 16.9 Å². The number of benzene rings is 1. The largest absolute Gasteiger partial charge is 0.514 e. The van der Waals surface area contributed by atoms with E-state index in [0.717, 1.165) is 10.9 Å². The lowest BCUT2D eigenvalue weighted by Crippen LogP contribution is -2.26. The van der Waals surface area contributed by atoms with Gasteiger partial charge >= 0.3 is 12.2 Å². The smallest absolute Gasteiger partial charge is 0.443 e. The molecular formula is C19H24BrNO5. The molecule has 0 bridgehead atoms. The van der Waals surface area contributed by atoms with Crippen molar-refractivity contribution in [3.8, 4) is 5.75 Å². The molecule has 2 aromatic rings. The monoisotopic (exact) mass is 425 g/mol. The third kappa shape index (κ3) is 5.24. The molecule has 1 heterocycles. The van der Waals surface area contributed by atoms with Crippen LogP contribution in [0, 0.1) is 0 Å². The van der Waals surface area contributed by atoms with Gasteiger partial charge in [-0.2, -0.15) is 0 Å². The van der Waals surface area contributed by atoms with Gasteiger partial charge in [0.2, 0.25) is 0 Å². The van der Waals surface area contributed by atoms with E-state index in [9.17, 15) is 9.59 Å². The lowest BCUT2D eigenvalue weighted by molar-refractivity contribution is 0.0206. The molecule has 0 N–H and O–H groups in total. The minimum atomic E-state index is -0.774. The van der Waals surface area contributed by atoms with Gasteiger partial charge in [0.05, 0.1) is 5.52 Å². The van der Waals surface area contributed by atoms with E-state index >= 15 is 0 Å². The number of rotatable bonds is 2. The van der Waals surface area contributed by atoms with E-state index in [1.807, 2.05) is 20.8 Å². The maximum atomic E-state index is 12.4. The highest BCUT2D eigenvalue weighted by molar-refractivity contribution is 9.08. The zero-order valence-corrected chi connectivity index (χ0v) is 17.5. The van der Waals surface area contributed by atoms with E-state index in [-0.39, 0.29) is 0 Å². The van der Waals surface area contributed by atoms with Gasteiger partial charge in [-0.25, -0.2) is 9.59 Å². The minimum Gasteiger partial charge on any atom is -0.443 e. The number of aromatic nitrogens is 1. The summed E-state index contributed by atoms with van der Waals surface area (Å²) < 4.78 is 17.3. The van der Waals surface area contributed by atoms with Gasteiger partial charge in [-0.15, -0.1) is 0 Å². The van der Waals surface area contributed by atoms with Crippen LogP contribution in [0.25, 0.3) is 10.9 Å². The summed E-state index contributed by atoms with van der Waals surface area (Å²) in [4.78, 5) is 24.3. The minimum absolute atomic E-state index is 0.343. The molecule has 0 atom stereocenters. The van der Waals surface area contributed by atoms with Gasteiger partial charge in [0.15, 0.2) is 0 Å². The first-order valence-electron chi connectivity index (χ1n) is 8.24. The Kier molecular flexibility index (Phi) is 5.70. The van der Waals surface area contributed by atoms with Crippen LogP contribution in [0.5, 0.6) is 5.75 Å². The molecule has 0 amide bonds. The van der Waals surface area contributed by atoms with Gasteiger partial charge in [-0.1, -0.05) is 15.9 Å². The van der Waals surface area contributed by atoms with Gasteiger partial charge in [-0.3, -0.25) is 4.57 Å². The number of carbonyl (C=O) groups is 2. The topological polar surface area (TPSA) is 66.8 Å². The fraction of sp³-hybridized carbons (Fsp3) is 0.474. The normalized spacial score (nSPS) is 12.1. The maximum absolute atomic E-state index is 12.4. The van der Waals surface area contributed by atoms with E-state index in [1.165, 1.54) is 4.57 Å². The third-order valence-electron chi connectivity index (χ3n) is 3.18. The predicted octanol–water partition coefficient (Wildman–Crippen LogP) is 5.63. The predicted molar refractivity (Wildman–Crippen MR) is 103 cm³/mol. The van der Waals surface area contributed by atoms with E-state index in [1.54, 1.807) is 45.2 Å². The van der Waals surface area contributed by atoms with Gasteiger partial charge in [0.1, 0.15) is 17.0 Å². The molecule has 0 aliphatic rings. The molecule has 1 aromatic heterocycles. The van der Waals surface area contributed by atoms with Crippen molar-refractivity contribution in [3.63, 3.8) is 0 Å². The van der Waals surface area contributed by atoms with Crippen molar-refractivity contribution in [3.05, 3.63) is 30.0 Å². The first-order valence-corrected chi connectivity index (χ1v) is 9.36. The van der Waals surface area contributed by atoms with Crippen LogP contribution in [-0.2, 0) is 14.8 Å². The molecule has 0 aliphatic carbocycles. The van der Waals surface area contributed by atoms with E-state index in [2.05, 4.69) is 15.9 Å². The number of fused-ring (bicyclic) bond motifs is 1. The molecule has 26 heavy (non-hydrogen) atoms. The Hall–Kier alpha value is -2.02. The Morgan fingerprint density at radius 1 is 1.04 bits per heavy atom. The highest BCUT2D eigenvalue weighted by Gasteiger charge is 2.22. The van der Waals surface area contributed by atoms with Gasteiger partial charge in [-0.05, 0) is 65.3 Å². The molecule has 0 radical (unpaired) electrons. The van der Waals surface area contributed by atoms with Crippen molar-refractivity contribution in [1.82, 2.24) is 4.57 Å². The summed E-state index contributed by atoms with van der Waals surface area (Å²) in [7, 11) is 0. The second-order valence-corrected chi connectivity index (χ2v) is 8.44. The second kappa shape index (κ2) is 7.31. The fourth-order valence-electron chi connectivity index (χ4n) is 2.28. The van der Waals surface area contributed by atoms with Crippen molar-refractivity contribution < 1.29 is 23.8 Å². The number of hydrogen-bond donors (Lipinski definition) is 0. The van der Waals surface area contributed by atoms with Crippen molar-refractivity contribution >= 4 is 39.1 Å². The van der Waals surface area contributed by atoms with Crippen LogP contribution >= 0.6 is 15.9 Å². The molecular weight excluding hydrogens is 402 g/mol. The number of hydrogen-bond acceptors (Lipinski definition) is 5. The zero-order chi connectivity index (χ0) is 19.7. The molecule has 0 spiro atoms. The van der Waals surface area contributed by atoms with Crippen LogP contribution in [-0.4, -0.2) is 28.0 Å². The molecule has 0 saturated carbocycles. The Bertz CT molecular complexity index is 827. The Labute approximate surface area is 161 Å². The van der Waals surface area contributed by atoms with Crippen LogP contribution in [0.15, 0.2) is 24.4 Å². The summed E-state index contributed by atoms with van der Waals surface area (Å²) in [6.45, 7) is 10.7. The first-order chi connectivity index (χ1) is 11.9. The highest BCUT2D eigenvalue weighted by atomic mass is 79.9. The van der Waals surface area contributed by atoms with E-state index in [4.69, 9.17) is 14.2 Å². The first kappa shape index (κ1) is 20.3. The molecule has 0 unspecified atom stereocenters. The van der Waals surface area contributed by atoms with Gasteiger partial charge in [0.25, 0.3) is 0 Å². The highest BCUT2D eigenvalue weighted by Crippen LogP contribution is 2.29. The number of carbonyl (C=O) groups excluding carboxylic acids is 2. The average molecular weight is 426 g/mol. The van der Waals surface area contributed by atoms with Crippen LogP contribution in [0.1, 0.15) is 47.1 Å². The van der Waals surface area contributed by atoms with Crippen molar-refractivity contribution in [2.75, 3.05) is 0 Å². The Balaban J connectivity index is 2.34. The number of ether oxygens (including phenoxy) is 3. The number of halogens is 1. The van der Waals surface area contributed by atoms with Crippen molar-refractivity contribution in [2.24, 2.45) is 0 Å².